The lowest BCUT2D eigenvalue weighted by Crippen LogP contribution is -2.65. The quantitative estimate of drug-likeness (QED) is 0.409. The Hall–Kier alpha value is -0.830. The molecule has 3 nitrogen and oxygen atoms in total. The standard InChI is InChI=1S/C30H48O3/c1-25(2)14-16-30(24(32)33)17-15-28(6)19(20(30)18-25)8-9-22-27(5)12-11-23(31)26(3,4)21(27)10-13-29(22,28)7/h8,20-23,31H,9-18H2,1-7H3,(H,32,33)/t20-,21?,22?,23?,27-,28?,29+,30-/m0/s1. The molecule has 5 rings (SSSR count). The lowest BCUT2D eigenvalue weighted by molar-refractivity contribution is -0.205. The SMILES string of the molecule is CC1(C)CC[C@]2(C(=O)O)CCC3(C)C(=CCC4[C@@]5(C)CCC(O)C(C)(C)C5CC[C@]43C)[C@@H]2C1. The van der Waals surface area contributed by atoms with Crippen LogP contribution in [0.4, 0.5) is 0 Å². The van der Waals surface area contributed by atoms with Crippen molar-refractivity contribution < 1.29 is 15.0 Å². The highest BCUT2D eigenvalue weighted by Crippen LogP contribution is 2.75. The van der Waals surface area contributed by atoms with Crippen molar-refractivity contribution in [2.75, 3.05) is 0 Å². The second-order valence-corrected chi connectivity index (χ2v) is 15.1. The van der Waals surface area contributed by atoms with Crippen molar-refractivity contribution in [1.82, 2.24) is 0 Å². The van der Waals surface area contributed by atoms with Crippen LogP contribution in [0, 0.1) is 50.2 Å². The molecule has 0 aromatic heterocycles. The van der Waals surface area contributed by atoms with E-state index in [2.05, 4.69) is 54.5 Å². The van der Waals surface area contributed by atoms with E-state index in [4.69, 9.17) is 0 Å². The number of carbonyl (C=O) groups is 1. The molecule has 0 aromatic rings. The van der Waals surface area contributed by atoms with E-state index in [0.717, 1.165) is 51.4 Å². The molecule has 33 heavy (non-hydrogen) atoms. The first kappa shape index (κ1) is 23.9. The molecule has 0 saturated heterocycles. The van der Waals surface area contributed by atoms with Gasteiger partial charge in [-0.2, -0.15) is 0 Å². The average Bonchev–Trinajstić information content (AvgIpc) is 2.71. The normalized spacial score (nSPS) is 52.4. The van der Waals surface area contributed by atoms with Gasteiger partial charge in [-0.05, 0) is 109 Å². The first-order valence-electron chi connectivity index (χ1n) is 13.8. The molecular weight excluding hydrogens is 408 g/mol. The van der Waals surface area contributed by atoms with Crippen molar-refractivity contribution in [3.8, 4) is 0 Å². The minimum Gasteiger partial charge on any atom is -0.481 e. The summed E-state index contributed by atoms with van der Waals surface area (Å²) in [5, 5.41) is 21.4. The number of aliphatic hydroxyl groups is 1. The monoisotopic (exact) mass is 456 g/mol. The highest BCUT2D eigenvalue weighted by Gasteiger charge is 2.69. The maximum atomic E-state index is 12.8. The van der Waals surface area contributed by atoms with Gasteiger partial charge in [-0.15, -0.1) is 0 Å². The Morgan fingerprint density at radius 1 is 0.879 bits per heavy atom. The largest absolute Gasteiger partial charge is 0.481 e. The third-order valence-corrected chi connectivity index (χ3v) is 13.0. The predicted molar refractivity (Wildman–Crippen MR) is 133 cm³/mol. The van der Waals surface area contributed by atoms with Crippen LogP contribution in [-0.2, 0) is 4.79 Å². The molecule has 0 bridgehead atoms. The van der Waals surface area contributed by atoms with Crippen LogP contribution < -0.4 is 0 Å². The zero-order chi connectivity index (χ0) is 24.2. The van der Waals surface area contributed by atoms with E-state index in [1.54, 1.807) is 0 Å². The van der Waals surface area contributed by atoms with Crippen LogP contribution in [0.5, 0.6) is 0 Å². The van der Waals surface area contributed by atoms with Gasteiger partial charge >= 0.3 is 5.97 Å². The van der Waals surface area contributed by atoms with Gasteiger partial charge in [0.05, 0.1) is 11.5 Å². The molecule has 4 fully saturated rings. The Labute approximate surface area is 201 Å². The molecule has 2 N–H and O–H groups in total. The molecule has 5 aliphatic carbocycles. The maximum Gasteiger partial charge on any atom is 0.310 e. The third-order valence-electron chi connectivity index (χ3n) is 13.0. The second-order valence-electron chi connectivity index (χ2n) is 15.1. The van der Waals surface area contributed by atoms with E-state index in [-0.39, 0.29) is 39.1 Å². The Bertz CT molecular complexity index is 885. The molecule has 0 aliphatic heterocycles. The number of carboxylic acids is 1. The van der Waals surface area contributed by atoms with Gasteiger partial charge in [0.2, 0.25) is 0 Å². The molecule has 0 amide bonds. The van der Waals surface area contributed by atoms with Crippen LogP contribution in [0.15, 0.2) is 11.6 Å². The number of rotatable bonds is 1. The summed E-state index contributed by atoms with van der Waals surface area (Å²) in [4.78, 5) is 12.8. The predicted octanol–water partition coefficient (Wildman–Crippen LogP) is 7.23. The van der Waals surface area contributed by atoms with E-state index in [1.807, 2.05) is 0 Å². The van der Waals surface area contributed by atoms with Gasteiger partial charge in [0, 0.05) is 0 Å². The van der Waals surface area contributed by atoms with Crippen LogP contribution in [0.2, 0.25) is 0 Å². The molecule has 0 spiro atoms. The van der Waals surface area contributed by atoms with E-state index in [0.29, 0.717) is 11.8 Å². The van der Waals surface area contributed by atoms with E-state index in [9.17, 15) is 15.0 Å². The van der Waals surface area contributed by atoms with Gasteiger partial charge in [-0.25, -0.2) is 0 Å². The van der Waals surface area contributed by atoms with Crippen LogP contribution in [0.1, 0.15) is 113 Å². The van der Waals surface area contributed by atoms with Crippen LogP contribution in [-0.4, -0.2) is 22.3 Å². The van der Waals surface area contributed by atoms with E-state index in [1.165, 1.54) is 18.4 Å². The average molecular weight is 457 g/mol. The molecule has 4 unspecified atom stereocenters. The van der Waals surface area contributed by atoms with E-state index >= 15 is 0 Å². The lowest BCUT2D eigenvalue weighted by atomic mass is 9.33. The van der Waals surface area contributed by atoms with Gasteiger partial charge in [0.1, 0.15) is 0 Å². The molecule has 0 aromatic carbocycles. The highest BCUT2D eigenvalue weighted by atomic mass is 16.4. The summed E-state index contributed by atoms with van der Waals surface area (Å²) in [5.74, 6) is 0.807. The first-order chi connectivity index (χ1) is 15.1. The number of hydrogen-bond donors (Lipinski definition) is 2. The molecule has 0 radical (unpaired) electrons. The minimum absolute atomic E-state index is 0.0301. The number of hydrogen-bond acceptors (Lipinski definition) is 2. The Balaban J connectivity index is 1.60. The summed E-state index contributed by atoms with van der Waals surface area (Å²) in [7, 11) is 0. The smallest absolute Gasteiger partial charge is 0.310 e. The summed E-state index contributed by atoms with van der Waals surface area (Å²) >= 11 is 0. The molecule has 3 heteroatoms. The molecule has 0 heterocycles. The third kappa shape index (κ3) is 2.87. The number of carboxylic acid groups (broad SMARTS) is 1. The summed E-state index contributed by atoms with van der Waals surface area (Å²) in [5.41, 5.74) is 1.68. The highest BCUT2D eigenvalue weighted by molar-refractivity contribution is 5.76. The Kier molecular flexibility index (Phi) is 4.99. The summed E-state index contributed by atoms with van der Waals surface area (Å²) in [6, 6.07) is 0. The van der Waals surface area contributed by atoms with Gasteiger partial charge < -0.3 is 10.2 Å². The van der Waals surface area contributed by atoms with Crippen LogP contribution in [0.25, 0.3) is 0 Å². The fourth-order valence-corrected chi connectivity index (χ4v) is 10.6. The van der Waals surface area contributed by atoms with Gasteiger partial charge in [-0.3, -0.25) is 4.79 Å². The van der Waals surface area contributed by atoms with E-state index < -0.39 is 11.4 Å². The Morgan fingerprint density at radius 2 is 1.55 bits per heavy atom. The second kappa shape index (κ2) is 6.89. The Morgan fingerprint density at radius 3 is 2.21 bits per heavy atom. The summed E-state index contributed by atoms with van der Waals surface area (Å²) in [6.45, 7) is 16.9. The fourth-order valence-electron chi connectivity index (χ4n) is 10.6. The van der Waals surface area contributed by atoms with Crippen molar-refractivity contribution in [1.29, 1.82) is 0 Å². The van der Waals surface area contributed by atoms with Crippen LogP contribution >= 0.6 is 0 Å². The van der Waals surface area contributed by atoms with Gasteiger partial charge in [0.25, 0.3) is 0 Å². The van der Waals surface area contributed by atoms with Crippen molar-refractivity contribution in [3.63, 3.8) is 0 Å². The first-order valence-corrected chi connectivity index (χ1v) is 13.8. The molecular formula is C30H48O3. The van der Waals surface area contributed by atoms with Crippen molar-refractivity contribution in [3.05, 3.63) is 11.6 Å². The topological polar surface area (TPSA) is 57.5 Å². The number of fused-ring (bicyclic) bond motifs is 7. The van der Waals surface area contributed by atoms with Crippen molar-refractivity contribution in [2.24, 2.45) is 50.2 Å². The van der Waals surface area contributed by atoms with Gasteiger partial charge in [-0.1, -0.05) is 60.1 Å². The summed E-state index contributed by atoms with van der Waals surface area (Å²) in [6.07, 6.45) is 12.6. The zero-order valence-electron chi connectivity index (χ0n) is 22.3. The molecule has 4 saturated carbocycles. The van der Waals surface area contributed by atoms with Crippen molar-refractivity contribution in [2.45, 2.75) is 119 Å². The fraction of sp³-hybridized carbons (Fsp3) is 0.900. The maximum absolute atomic E-state index is 12.8. The number of aliphatic hydroxyl groups excluding tert-OH is 1. The van der Waals surface area contributed by atoms with Crippen molar-refractivity contribution >= 4 is 5.97 Å². The molecule has 186 valence electrons. The summed E-state index contributed by atoms with van der Waals surface area (Å²) < 4.78 is 0. The molecule has 8 atom stereocenters. The zero-order valence-corrected chi connectivity index (χ0v) is 22.3. The molecule has 5 aliphatic rings. The number of aliphatic carboxylic acids is 1. The van der Waals surface area contributed by atoms with Crippen LogP contribution in [0.3, 0.4) is 0 Å². The lowest BCUT2D eigenvalue weighted by Gasteiger charge is -2.71. The van der Waals surface area contributed by atoms with Gasteiger partial charge in [0.15, 0.2) is 0 Å². The number of allylic oxidation sites excluding steroid dienone is 2. The minimum atomic E-state index is -0.553.